The zero-order chi connectivity index (χ0) is 14.8. The van der Waals surface area contributed by atoms with Crippen LogP contribution in [0.2, 0.25) is 0 Å². The summed E-state index contributed by atoms with van der Waals surface area (Å²) in [5, 5.41) is 10.8. The molecular weight excluding hydrogens is 278 g/mol. The van der Waals surface area contributed by atoms with Gasteiger partial charge in [-0.3, -0.25) is 0 Å². The maximum atomic E-state index is 10.8. The van der Waals surface area contributed by atoms with E-state index in [1.807, 2.05) is 12.1 Å². The summed E-state index contributed by atoms with van der Waals surface area (Å²) in [5.41, 5.74) is 9.79. The number of rotatable bonds is 4. The van der Waals surface area contributed by atoms with Gasteiger partial charge in [-0.05, 0) is 55.4 Å². The molecule has 0 spiro atoms. The van der Waals surface area contributed by atoms with Crippen molar-refractivity contribution >= 4 is 11.3 Å². The minimum absolute atomic E-state index is 0.0219. The summed E-state index contributed by atoms with van der Waals surface area (Å²) in [4.78, 5) is 2.55. The molecule has 2 nitrogen and oxygen atoms in total. The van der Waals surface area contributed by atoms with Crippen molar-refractivity contribution in [1.29, 1.82) is 0 Å². The molecule has 0 aliphatic heterocycles. The Bertz CT molecular complexity index is 596. The first-order chi connectivity index (χ1) is 10.2. The molecule has 0 saturated carbocycles. The highest BCUT2D eigenvalue weighted by Crippen LogP contribution is 2.38. The Morgan fingerprint density at radius 2 is 2.00 bits per heavy atom. The molecule has 0 amide bonds. The maximum Gasteiger partial charge on any atom is 0.0962 e. The molecule has 3 heteroatoms. The molecule has 1 aliphatic rings. The van der Waals surface area contributed by atoms with E-state index in [-0.39, 0.29) is 5.92 Å². The van der Waals surface area contributed by atoms with Gasteiger partial charge in [0, 0.05) is 22.2 Å². The lowest BCUT2D eigenvalue weighted by Crippen LogP contribution is -2.20. The third-order valence-electron chi connectivity index (χ3n) is 4.53. The average Bonchev–Trinajstić information content (AvgIpc) is 2.93. The highest BCUT2D eigenvalue weighted by molar-refractivity contribution is 7.12. The molecule has 21 heavy (non-hydrogen) atoms. The van der Waals surface area contributed by atoms with Gasteiger partial charge in [-0.2, -0.15) is 0 Å². The predicted octanol–water partition coefficient (Wildman–Crippen LogP) is 3.71. The number of thiophene rings is 1. The van der Waals surface area contributed by atoms with Crippen molar-refractivity contribution in [3.63, 3.8) is 0 Å². The minimum atomic E-state index is -0.494. The van der Waals surface area contributed by atoms with E-state index in [0.717, 1.165) is 11.3 Å². The van der Waals surface area contributed by atoms with Gasteiger partial charge in [-0.25, -0.2) is 0 Å². The molecule has 3 N–H and O–H groups in total. The number of hydrogen-bond acceptors (Lipinski definition) is 3. The molecule has 1 aromatic carbocycles. The number of benzene rings is 1. The Morgan fingerprint density at radius 1 is 1.24 bits per heavy atom. The Balaban J connectivity index is 1.90. The number of nitrogens with two attached hydrogens (primary N) is 1. The summed E-state index contributed by atoms with van der Waals surface area (Å²) in [6.07, 6.45) is 4.39. The number of hydrogen-bond donors (Lipinski definition) is 2. The third kappa shape index (κ3) is 2.91. The highest BCUT2D eigenvalue weighted by Gasteiger charge is 2.26. The van der Waals surface area contributed by atoms with Crippen LogP contribution in [0.25, 0.3) is 0 Å². The summed E-state index contributed by atoms with van der Waals surface area (Å²) in [6.45, 7) is 2.55. The average molecular weight is 301 g/mol. The summed E-state index contributed by atoms with van der Waals surface area (Å²) < 4.78 is 0. The van der Waals surface area contributed by atoms with Crippen LogP contribution < -0.4 is 5.73 Å². The summed E-state index contributed by atoms with van der Waals surface area (Å²) >= 11 is 1.78. The molecule has 0 saturated heterocycles. The first-order valence-electron chi connectivity index (χ1n) is 7.76. The van der Waals surface area contributed by atoms with E-state index in [4.69, 9.17) is 5.73 Å². The van der Waals surface area contributed by atoms with E-state index in [1.54, 1.807) is 11.3 Å². The lowest BCUT2D eigenvalue weighted by Gasteiger charge is -2.22. The zero-order valence-electron chi connectivity index (χ0n) is 12.5. The Labute approximate surface area is 130 Å². The Kier molecular flexibility index (Phi) is 4.43. The molecule has 2 aromatic rings. The smallest absolute Gasteiger partial charge is 0.0962 e. The van der Waals surface area contributed by atoms with Crippen LogP contribution in [0.1, 0.15) is 51.3 Å². The largest absolute Gasteiger partial charge is 0.387 e. The first-order valence-corrected chi connectivity index (χ1v) is 8.57. The van der Waals surface area contributed by atoms with Crippen molar-refractivity contribution in [2.24, 2.45) is 5.73 Å². The van der Waals surface area contributed by atoms with Crippen molar-refractivity contribution < 1.29 is 5.11 Å². The van der Waals surface area contributed by atoms with Crippen molar-refractivity contribution in [3.05, 3.63) is 56.8 Å². The molecule has 2 atom stereocenters. The maximum absolute atomic E-state index is 10.8. The normalized spacial score (nSPS) is 17.3. The van der Waals surface area contributed by atoms with Gasteiger partial charge in [0.1, 0.15) is 0 Å². The van der Waals surface area contributed by atoms with Crippen LogP contribution >= 0.6 is 11.3 Å². The summed E-state index contributed by atoms with van der Waals surface area (Å²) in [6, 6.07) is 10.4. The topological polar surface area (TPSA) is 46.2 Å². The van der Waals surface area contributed by atoms with Gasteiger partial charge in [-0.1, -0.05) is 24.3 Å². The van der Waals surface area contributed by atoms with Gasteiger partial charge in [0.05, 0.1) is 6.10 Å². The molecule has 2 unspecified atom stereocenters. The lowest BCUT2D eigenvalue weighted by atomic mass is 9.89. The van der Waals surface area contributed by atoms with Crippen LogP contribution in [0.15, 0.2) is 30.3 Å². The summed E-state index contributed by atoms with van der Waals surface area (Å²) in [5.74, 6) is -0.0219. The fraction of sp³-hybridized carbons (Fsp3) is 0.444. The second-order valence-electron chi connectivity index (χ2n) is 5.95. The quantitative estimate of drug-likeness (QED) is 0.904. The second kappa shape index (κ2) is 6.30. The van der Waals surface area contributed by atoms with Crippen LogP contribution in [0, 0.1) is 6.92 Å². The van der Waals surface area contributed by atoms with Crippen LogP contribution in [0.4, 0.5) is 0 Å². The van der Waals surface area contributed by atoms with Crippen molar-refractivity contribution in [2.75, 3.05) is 6.54 Å². The van der Waals surface area contributed by atoms with E-state index in [1.165, 1.54) is 40.8 Å². The molecule has 3 rings (SSSR count). The number of aliphatic hydroxyl groups excluding tert-OH is 1. The molecular formula is C18H23NOS. The molecule has 112 valence electrons. The SMILES string of the molecule is Cc1ccccc1C(CN)C(O)c1cc2c(s1)CCCC2. The first kappa shape index (κ1) is 14.8. The van der Waals surface area contributed by atoms with Crippen molar-refractivity contribution in [3.8, 4) is 0 Å². The van der Waals surface area contributed by atoms with Gasteiger partial charge in [0.2, 0.25) is 0 Å². The number of aliphatic hydroxyl groups is 1. The van der Waals surface area contributed by atoms with Crippen LogP contribution in [0.3, 0.4) is 0 Å². The van der Waals surface area contributed by atoms with Crippen LogP contribution in [-0.2, 0) is 12.8 Å². The van der Waals surface area contributed by atoms with E-state index >= 15 is 0 Å². The van der Waals surface area contributed by atoms with Crippen LogP contribution in [-0.4, -0.2) is 11.7 Å². The van der Waals surface area contributed by atoms with E-state index < -0.39 is 6.10 Å². The molecule has 1 aliphatic carbocycles. The fourth-order valence-corrected chi connectivity index (χ4v) is 4.60. The molecule has 1 aromatic heterocycles. The lowest BCUT2D eigenvalue weighted by molar-refractivity contribution is 0.151. The highest BCUT2D eigenvalue weighted by atomic mass is 32.1. The molecule has 0 radical (unpaired) electrons. The molecule has 1 heterocycles. The Morgan fingerprint density at radius 3 is 2.71 bits per heavy atom. The van der Waals surface area contributed by atoms with Crippen LogP contribution in [0.5, 0.6) is 0 Å². The van der Waals surface area contributed by atoms with Gasteiger partial charge >= 0.3 is 0 Å². The Hall–Kier alpha value is -1.16. The standard InChI is InChI=1S/C18H23NOS/c1-12-6-2-4-8-14(12)15(11-19)18(20)17-10-13-7-3-5-9-16(13)21-17/h2,4,6,8,10,15,18,20H,3,5,7,9,11,19H2,1H3. The van der Waals surface area contributed by atoms with E-state index in [0.29, 0.717) is 6.54 Å². The van der Waals surface area contributed by atoms with Gasteiger partial charge in [0.25, 0.3) is 0 Å². The summed E-state index contributed by atoms with van der Waals surface area (Å²) in [7, 11) is 0. The number of fused-ring (bicyclic) bond motifs is 1. The molecule has 0 fully saturated rings. The van der Waals surface area contributed by atoms with Crippen molar-refractivity contribution in [2.45, 2.75) is 44.6 Å². The van der Waals surface area contributed by atoms with Gasteiger partial charge in [0.15, 0.2) is 0 Å². The third-order valence-corrected chi connectivity index (χ3v) is 5.84. The zero-order valence-corrected chi connectivity index (χ0v) is 13.3. The van der Waals surface area contributed by atoms with Crippen molar-refractivity contribution in [1.82, 2.24) is 0 Å². The van der Waals surface area contributed by atoms with Gasteiger partial charge < -0.3 is 10.8 Å². The van der Waals surface area contributed by atoms with E-state index in [2.05, 4.69) is 25.1 Å². The monoisotopic (exact) mass is 301 g/mol. The van der Waals surface area contributed by atoms with E-state index in [9.17, 15) is 5.11 Å². The number of aryl methyl sites for hydroxylation is 3. The predicted molar refractivity (Wildman–Crippen MR) is 88.9 cm³/mol. The second-order valence-corrected chi connectivity index (χ2v) is 7.12. The molecule has 0 bridgehead atoms. The van der Waals surface area contributed by atoms with Gasteiger partial charge in [-0.15, -0.1) is 11.3 Å². The fourth-order valence-electron chi connectivity index (χ4n) is 3.29. The minimum Gasteiger partial charge on any atom is -0.387 e.